The minimum absolute atomic E-state index is 0. The van der Waals surface area contributed by atoms with Crippen LogP contribution in [0.15, 0.2) is 24.3 Å². The van der Waals surface area contributed by atoms with Crippen LogP contribution in [0.3, 0.4) is 0 Å². The van der Waals surface area contributed by atoms with Gasteiger partial charge in [0.2, 0.25) is 5.91 Å². The SMILES string of the molecule is CC1c2ccccc2CC1N[C@@H](CO)C(N)=O.Cl. The summed E-state index contributed by atoms with van der Waals surface area (Å²) in [6.07, 6.45) is 0.876. The number of carbonyl (C=O) groups excluding carboxylic acids is 1. The number of primary amides is 1. The number of benzene rings is 1. The normalized spacial score (nSPS) is 23.0. The summed E-state index contributed by atoms with van der Waals surface area (Å²) in [6.45, 7) is 1.87. The molecule has 2 unspecified atom stereocenters. The van der Waals surface area contributed by atoms with Crippen molar-refractivity contribution in [2.75, 3.05) is 6.61 Å². The Morgan fingerprint density at radius 2 is 2.22 bits per heavy atom. The third-order valence-electron chi connectivity index (χ3n) is 3.53. The highest BCUT2D eigenvalue weighted by molar-refractivity contribution is 5.85. The fourth-order valence-electron chi connectivity index (χ4n) is 2.48. The zero-order valence-electron chi connectivity index (χ0n) is 10.3. The lowest BCUT2D eigenvalue weighted by Crippen LogP contribution is -2.49. The number of aliphatic hydroxyl groups excluding tert-OH is 1. The van der Waals surface area contributed by atoms with Crippen LogP contribution in [0.1, 0.15) is 24.0 Å². The molecule has 0 radical (unpaired) electrons. The Bertz CT molecular complexity index is 425. The highest BCUT2D eigenvalue weighted by Crippen LogP contribution is 2.32. The van der Waals surface area contributed by atoms with E-state index in [4.69, 9.17) is 10.8 Å². The van der Waals surface area contributed by atoms with Gasteiger partial charge in [-0.1, -0.05) is 31.2 Å². The van der Waals surface area contributed by atoms with E-state index in [1.165, 1.54) is 11.1 Å². The monoisotopic (exact) mass is 270 g/mol. The Labute approximate surface area is 113 Å². The molecule has 0 fully saturated rings. The molecule has 1 amide bonds. The summed E-state index contributed by atoms with van der Waals surface area (Å²) >= 11 is 0. The van der Waals surface area contributed by atoms with Gasteiger partial charge in [-0.2, -0.15) is 0 Å². The van der Waals surface area contributed by atoms with E-state index in [9.17, 15) is 4.79 Å². The van der Waals surface area contributed by atoms with Gasteiger partial charge in [0.25, 0.3) is 0 Å². The van der Waals surface area contributed by atoms with Gasteiger partial charge in [0.05, 0.1) is 6.61 Å². The number of hydrogen-bond donors (Lipinski definition) is 3. The molecule has 0 spiro atoms. The van der Waals surface area contributed by atoms with Crippen molar-refractivity contribution in [1.29, 1.82) is 0 Å². The number of carbonyl (C=O) groups is 1. The molecule has 1 aromatic carbocycles. The molecular formula is C13H19ClN2O2. The minimum Gasteiger partial charge on any atom is -0.394 e. The number of fused-ring (bicyclic) bond motifs is 1. The summed E-state index contributed by atoms with van der Waals surface area (Å²) in [4.78, 5) is 11.1. The molecule has 2 rings (SSSR count). The summed E-state index contributed by atoms with van der Waals surface area (Å²) in [5, 5.41) is 12.2. The number of aliphatic hydroxyl groups is 1. The van der Waals surface area contributed by atoms with Crippen molar-refractivity contribution in [3.05, 3.63) is 35.4 Å². The molecule has 0 saturated carbocycles. The molecule has 0 saturated heterocycles. The van der Waals surface area contributed by atoms with E-state index >= 15 is 0 Å². The van der Waals surface area contributed by atoms with Crippen molar-refractivity contribution in [3.63, 3.8) is 0 Å². The zero-order valence-corrected chi connectivity index (χ0v) is 11.1. The fourth-order valence-corrected chi connectivity index (χ4v) is 2.48. The number of amides is 1. The van der Waals surface area contributed by atoms with Crippen LogP contribution in [0.4, 0.5) is 0 Å². The van der Waals surface area contributed by atoms with Crippen molar-refractivity contribution < 1.29 is 9.90 Å². The molecular weight excluding hydrogens is 252 g/mol. The molecule has 0 aromatic heterocycles. The molecule has 0 bridgehead atoms. The Morgan fingerprint density at radius 3 is 2.78 bits per heavy atom. The second-order valence-corrected chi connectivity index (χ2v) is 4.60. The molecule has 4 N–H and O–H groups in total. The van der Waals surface area contributed by atoms with Gasteiger partial charge in [-0.15, -0.1) is 12.4 Å². The number of nitrogens with two attached hydrogens (primary N) is 1. The smallest absolute Gasteiger partial charge is 0.236 e. The van der Waals surface area contributed by atoms with Crippen molar-refractivity contribution in [3.8, 4) is 0 Å². The van der Waals surface area contributed by atoms with Crippen LogP contribution in [0, 0.1) is 0 Å². The zero-order chi connectivity index (χ0) is 12.4. The van der Waals surface area contributed by atoms with Gasteiger partial charge < -0.3 is 16.2 Å². The highest BCUT2D eigenvalue weighted by atomic mass is 35.5. The third-order valence-corrected chi connectivity index (χ3v) is 3.53. The number of halogens is 1. The van der Waals surface area contributed by atoms with Crippen LogP contribution >= 0.6 is 12.4 Å². The van der Waals surface area contributed by atoms with E-state index in [1.54, 1.807) is 0 Å². The van der Waals surface area contributed by atoms with Gasteiger partial charge in [-0.05, 0) is 23.5 Å². The summed E-state index contributed by atoms with van der Waals surface area (Å²) < 4.78 is 0. The predicted octanol–water partition coefficient (Wildman–Crippen LogP) is 0.572. The first kappa shape index (κ1) is 15.0. The van der Waals surface area contributed by atoms with E-state index in [-0.39, 0.29) is 25.1 Å². The number of nitrogens with one attached hydrogen (secondary N) is 1. The fraction of sp³-hybridized carbons (Fsp3) is 0.462. The predicted molar refractivity (Wildman–Crippen MR) is 72.8 cm³/mol. The summed E-state index contributed by atoms with van der Waals surface area (Å²) in [7, 11) is 0. The van der Waals surface area contributed by atoms with E-state index in [1.807, 2.05) is 12.1 Å². The van der Waals surface area contributed by atoms with Gasteiger partial charge in [-0.25, -0.2) is 0 Å². The van der Waals surface area contributed by atoms with Gasteiger partial charge >= 0.3 is 0 Å². The molecule has 1 aromatic rings. The van der Waals surface area contributed by atoms with E-state index in [0.717, 1.165) is 6.42 Å². The molecule has 4 nitrogen and oxygen atoms in total. The molecule has 5 heteroatoms. The van der Waals surface area contributed by atoms with E-state index in [0.29, 0.717) is 5.92 Å². The Morgan fingerprint density at radius 1 is 1.56 bits per heavy atom. The van der Waals surface area contributed by atoms with Crippen LogP contribution in [0.5, 0.6) is 0 Å². The van der Waals surface area contributed by atoms with Gasteiger partial charge in [0.15, 0.2) is 0 Å². The van der Waals surface area contributed by atoms with Crippen molar-refractivity contribution >= 4 is 18.3 Å². The standard InChI is InChI=1S/C13H18N2O2.ClH/c1-8-10-5-3-2-4-9(10)6-11(8)15-12(7-16)13(14)17;/h2-5,8,11-12,15-16H,6-7H2,1H3,(H2,14,17);1H/t8?,11?,12-;/m0./s1. The van der Waals surface area contributed by atoms with Crippen LogP contribution in [0.25, 0.3) is 0 Å². The van der Waals surface area contributed by atoms with E-state index in [2.05, 4.69) is 24.4 Å². The topological polar surface area (TPSA) is 75.3 Å². The quantitative estimate of drug-likeness (QED) is 0.749. The molecule has 0 aliphatic heterocycles. The molecule has 100 valence electrons. The summed E-state index contributed by atoms with van der Waals surface area (Å²) in [5.41, 5.74) is 7.83. The molecule has 3 atom stereocenters. The van der Waals surface area contributed by atoms with Crippen molar-refractivity contribution in [1.82, 2.24) is 5.32 Å². The largest absolute Gasteiger partial charge is 0.394 e. The number of hydrogen-bond acceptors (Lipinski definition) is 3. The Balaban J connectivity index is 0.00000162. The summed E-state index contributed by atoms with van der Waals surface area (Å²) in [5.74, 6) is -0.171. The second kappa shape index (κ2) is 6.18. The molecule has 1 aliphatic carbocycles. The maximum Gasteiger partial charge on any atom is 0.236 e. The van der Waals surface area contributed by atoms with Gasteiger partial charge in [0.1, 0.15) is 6.04 Å². The maximum absolute atomic E-state index is 11.1. The van der Waals surface area contributed by atoms with Crippen LogP contribution in [-0.4, -0.2) is 29.7 Å². The van der Waals surface area contributed by atoms with Gasteiger partial charge in [-0.3, -0.25) is 4.79 Å². The average molecular weight is 271 g/mol. The minimum atomic E-state index is -0.656. The average Bonchev–Trinajstić information content (AvgIpc) is 2.63. The van der Waals surface area contributed by atoms with Crippen molar-refractivity contribution in [2.45, 2.75) is 31.3 Å². The molecule has 18 heavy (non-hydrogen) atoms. The second-order valence-electron chi connectivity index (χ2n) is 4.60. The van der Waals surface area contributed by atoms with Gasteiger partial charge in [0, 0.05) is 6.04 Å². The lowest BCUT2D eigenvalue weighted by molar-refractivity contribution is -0.121. The molecule has 1 aliphatic rings. The Hall–Kier alpha value is -1.10. The third kappa shape index (κ3) is 2.83. The first-order valence-electron chi connectivity index (χ1n) is 5.87. The first-order chi connectivity index (χ1) is 8.13. The van der Waals surface area contributed by atoms with Crippen LogP contribution in [0.2, 0.25) is 0 Å². The lowest BCUT2D eigenvalue weighted by atomic mass is 10.0. The lowest BCUT2D eigenvalue weighted by Gasteiger charge is -2.22. The van der Waals surface area contributed by atoms with Crippen LogP contribution < -0.4 is 11.1 Å². The Kier molecular flexibility index (Phi) is 5.14. The maximum atomic E-state index is 11.1. The molecule has 0 heterocycles. The van der Waals surface area contributed by atoms with E-state index < -0.39 is 11.9 Å². The summed E-state index contributed by atoms with van der Waals surface area (Å²) in [6, 6.07) is 7.76. The highest BCUT2D eigenvalue weighted by Gasteiger charge is 2.31. The van der Waals surface area contributed by atoms with Crippen molar-refractivity contribution in [2.24, 2.45) is 5.73 Å². The number of rotatable bonds is 4. The van der Waals surface area contributed by atoms with Crippen LogP contribution in [-0.2, 0) is 11.2 Å². The first-order valence-corrected chi connectivity index (χ1v) is 5.87.